The van der Waals surface area contributed by atoms with Crippen molar-refractivity contribution in [1.82, 2.24) is 0 Å². The standard InChI is InChI=1S/C10H8O6S2.2Na.2H2O/c11-17(12,13)8-4-5-9-7(6-8)2-1-3-10(9)18(14,15)16;;;;/h1-6H,(H,11,12,13)(H,14,15,16);;;2*1H2. The molecule has 0 aliphatic rings. The molecule has 12 heteroatoms. The van der Waals surface area contributed by atoms with E-state index in [2.05, 4.69) is 0 Å². The third-order valence-electron chi connectivity index (χ3n) is 2.39. The van der Waals surface area contributed by atoms with Crippen LogP contribution in [0.4, 0.5) is 0 Å². The molecule has 0 unspecified atom stereocenters. The summed E-state index contributed by atoms with van der Waals surface area (Å²) in [6, 6.07) is 7.43. The molecular weight excluding hydrogens is 358 g/mol. The first-order valence-electron chi connectivity index (χ1n) is 4.67. The van der Waals surface area contributed by atoms with Gasteiger partial charge in [-0.15, -0.1) is 0 Å². The van der Waals surface area contributed by atoms with Gasteiger partial charge in [-0.05, 0) is 23.6 Å². The average Bonchev–Trinajstić information content (AvgIpc) is 2.25. The van der Waals surface area contributed by atoms with Crippen LogP contribution in [0.25, 0.3) is 10.8 Å². The topological polar surface area (TPSA) is 172 Å². The van der Waals surface area contributed by atoms with E-state index >= 15 is 0 Å². The summed E-state index contributed by atoms with van der Waals surface area (Å²) in [6.45, 7) is 0. The molecule has 0 bridgehead atoms. The van der Waals surface area contributed by atoms with Gasteiger partial charge in [0.25, 0.3) is 20.2 Å². The molecule has 0 heterocycles. The van der Waals surface area contributed by atoms with E-state index in [0.29, 0.717) is 0 Å². The molecule has 0 aromatic heterocycles. The second-order valence-corrected chi connectivity index (χ2v) is 6.40. The van der Waals surface area contributed by atoms with Gasteiger partial charge in [0.1, 0.15) is 4.90 Å². The Kier molecular flexibility index (Phi) is 12.0. The minimum Gasteiger partial charge on any atom is -0.412 e. The molecule has 2 radical (unpaired) electrons. The fraction of sp³-hybridized carbons (Fsp3) is 0. The maximum absolute atomic E-state index is 11.1. The van der Waals surface area contributed by atoms with Crippen molar-refractivity contribution in [3.8, 4) is 0 Å². The molecule has 2 rings (SSSR count). The number of hydrogen-bond acceptors (Lipinski definition) is 4. The molecule has 0 spiro atoms. The van der Waals surface area contributed by atoms with E-state index in [0.717, 1.165) is 12.1 Å². The second kappa shape index (κ2) is 9.67. The van der Waals surface area contributed by atoms with Gasteiger partial charge < -0.3 is 11.0 Å². The van der Waals surface area contributed by atoms with Crippen LogP contribution in [0.3, 0.4) is 0 Å². The summed E-state index contributed by atoms with van der Waals surface area (Å²) in [5, 5.41) is 0.452. The fourth-order valence-corrected chi connectivity index (χ4v) is 2.85. The molecule has 2 aromatic carbocycles. The molecule has 0 saturated carbocycles. The summed E-state index contributed by atoms with van der Waals surface area (Å²) in [4.78, 5) is -0.663. The molecule has 8 nitrogen and oxygen atoms in total. The predicted molar refractivity (Wildman–Crippen MR) is 82.3 cm³/mol. The number of benzene rings is 2. The number of hydrogen-bond donors (Lipinski definition) is 2. The Morgan fingerprint density at radius 3 is 1.77 bits per heavy atom. The zero-order chi connectivity index (χ0) is 13.6. The Morgan fingerprint density at radius 1 is 0.773 bits per heavy atom. The van der Waals surface area contributed by atoms with Gasteiger partial charge >= 0.3 is 0 Å². The molecule has 22 heavy (non-hydrogen) atoms. The smallest absolute Gasteiger partial charge is 0.295 e. The van der Waals surface area contributed by atoms with Crippen LogP contribution in [0.1, 0.15) is 0 Å². The summed E-state index contributed by atoms with van der Waals surface area (Å²) >= 11 is 0. The monoisotopic (exact) mass is 370 g/mol. The Hall–Kier alpha value is 0.440. The van der Waals surface area contributed by atoms with Crippen molar-refractivity contribution in [2.24, 2.45) is 0 Å². The van der Waals surface area contributed by atoms with E-state index < -0.39 is 20.2 Å². The van der Waals surface area contributed by atoms with Crippen LogP contribution < -0.4 is 0 Å². The van der Waals surface area contributed by atoms with Crippen molar-refractivity contribution in [2.45, 2.75) is 9.79 Å². The third-order valence-corrected chi connectivity index (χ3v) is 4.15. The van der Waals surface area contributed by atoms with E-state index in [1.54, 1.807) is 0 Å². The molecule has 0 atom stereocenters. The second-order valence-electron chi connectivity index (χ2n) is 3.59. The molecule has 0 amide bonds. The number of fused-ring (bicyclic) bond motifs is 1. The van der Waals surface area contributed by atoms with Gasteiger partial charge in [-0.25, -0.2) is 0 Å². The Morgan fingerprint density at radius 2 is 1.32 bits per heavy atom. The van der Waals surface area contributed by atoms with Crippen molar-refractivity contribution >= 4 is 90.1 Å². The zero-order valence-corrected chi connectivity index (χ0v) is 17.4. The van der Waals surface area contributed by atoms with Gasteiger partial charge in [0.2, 0.25) is 0 Å². The van der Waals surface area contributed by atoms with Crippen LogP contribution in [0.2, 0.25) is 0 Å². The van der Waals surface area contributed by atoms with E-state index in [4.69, 9.17) is 9.11 Å². The van der Waals surface area contributed by atoms with Gasteiger partial charge in [-0.1, -0.05) is 18.2 Å². The zero-order valence-electron chi connectivity index (χ0n) is 11.8. The SMILES string of the molecule is O.O.O=S(=O)(O)c1ccc2c(S(=O)(=O)O)cccc2c1.[Na].[Na]. The summed E-state index contributed by atoms with van der Waals surface area (Å²) in [6.07, 6.45) is 0. The Labute approximate surface area is 171 Å². The normalized spacial score (nSPS) is 10.5. The van der Waals surface area contributed by atoms with Crippen LogP contribution >= 0.6 is 0 Å². The maximum Gasteiger partial charge on any atom is 0.295 e. The van der Waals surface area contributed by atoms with Gasteiger partial charge in [-0.3, -0.25) is 9.11 Å². The Balaban J connectivity index is -0.000000902. The van der Waals surface area contributed by atoms with E-state index in [1.165, 1.54) is 24.3 Å². The van der Waals surface area contributed by atoms with E-state index in [9.17, 15) is 16.8 Å². The molecule has 2 aromatic rings. The molecule has 0 fully saturated rings. The molecule has 0 aliphatic heterocycles. The summed E-state index contributed by atoms with van der Waals surface area (Å²) in [5.74, 6) is 0. The van der Waals surface area contributed by atoms with Gasteiger partial charge in [0.05, 0.1) is 4.90 Å². The van der Waals surface area contributed by atoms with Crippen LogP contribution in [0.5, 0.6) is 0 Å². The van der Waals surface area contributed by atoms with Crippen LogP contribution in [-0.2, 0) is 20.2 Å². The largest absolute Gasteiger partial charge is 0.412 e. The molecular formula is C10H12Na2O8S2. The summed E-state index contributed by atoms with van der Waals surface area (Å²) in [5.41, 5.74) is 0. The first kappa shape index (κ1) is 27.3. The van der Waals surface area contributed by atoms with Crippen LogP contribution in [0.15, 0.2) is 46.2 Å². The van der Waals surface area contributed by atoms with Gasteiger partial charge in [0, 0.05) is 64.5 Å². The van der Waals surface area contributed by atoms with Crippen LogP contribution in [0, 0.1) is 0 Å². The minimum atomic E-state index is -4.39. The molecule has 6 N–H and O–H groups in total. The molecule has 114 valence electrons. The summed E-state index contributed by atoms with van der Waals surface area (Å²) < 4.78 is 62.0. The van der Waals surface area contributed by atoms with E-state index in [1.807, 2.05) is 0 Å². The van der Waals surface area contributed by atoms with Gasteiger partial charge in [-0.2, -0.15) is 16.8 Å². The van der Waals surface area contributed by atoms with Crippen molar-refractivity contribution < 1.29 is 36.9 Å². The van der Waals surface area contributed by atoms with Crippen molar-refractivity contribution in [3.63, 3.8) is 0 Å². The van der Waals surface area contributed by atoms with Crippen molar-refractivity contribution in [3.05, 3.63) is 36.4 Å². The third kappa shape index (κ3) is 6.15. The van der Waals surface area contributed by atoms with Crippen LogP contribution in [-0.4, -0.2) is 96.0 Å². The van der Waals surface area contributed by atoms with Gasteiger partial charge in [0.15, 0.2) is 0 Å². The quantitative estimate of drug-likeness (QED) is 0.503. The van der Waals surface area contributed by atoms with E-state index in [-0.39, 0.29) is 90.6 Å². The maximum atomic E-state index is 11.1. The molecule has 0 saturated heterocycles. The average molecular weight is 370 g/mol. The molecule has 0 aliphatic carbocycles. The first-order chi connectivity index (χ1) is 8.19. The van der Waals surface area contributed by atoms with Crippen molar-refractivity contribution in [2.75, 3.05) is 0 Å². The van der Waals surface area contributed by atoms with Crippen molar-refractivity contribution in [1.29, 1.82) is 0 Å². The summed E-state index contributed by atoms with van der Waals surface area (Å²) in [7, 11) is -8.74. The predicted octanol–water partition coefficient (Wildman–Crippen LogP) is -1.08. The minimum absolute atomic E-state index is 0. The number of rotatable bonds is 2. The fourth-order valence-electron chi connectivity index (χ4n) is 1.62. The Bertz CT molecular complexity index is 833. The first-order valence-corrected chi connectivity index (χ1v) is 7.55.